The average molecular weight is 725 g/mol. The van der Waals surface area contributed by atoms with Crippen LogP contribution in [0, 0.1) is 19.0 Å². The van der Waals surface area contributed by atoms with Crippen LogP contribution in [0.15, 0.2) is 103 Å². The van der Waals surface area contributed by atoms with E-state index in [1.165, 1.54) is 11.3 Å². The Morgan fingerprint density at radius 3 is 2.20 bits per heavy atom. The molecule has 207 valence electrons. The Morgan fingerprint density at radius 2 is 1.57 bits per heavy atom. The normalized spacial score (nSPS) is 14.0. The first kappa shape index (κ1) is 23.5. The molecule has 2 heterocycles. The average Bonchev–Trinajstić information content (AvgIpc) is 3.01. The van der Waals surface area contributed by atoms with Gasteiger partial charge in [-0.1, -0.05) is 88.4 Å². The zero-order valence-corrected chi connectivity index (χ0v) is 26.9. The molecule has 0 fully saturated rings. The maximum atomic E-state index is 8.48. The van der Waals surface area contributed by atoms with Gasteiger partial charge in [-0.05, 0) is 46.0 Å². The quantitative estimate of drug-likeness (QED) is 0.130. The van der Waals surface area contributed by atoms with E-state index < -0.39 is 27.2 Å². The van der Waals surface area contributed by atoms with Gasteiger partial charge in [-0.15, -0.1) is 71.3 Å². The Balaban J connectivity index is 0.000000247. The molecule has 5 rings (SSSR count). The number of aromatic nitrogens is 2. The van der Waals surface area contributed by atoms with Crippen LogP contribution in [0.3, 0.4) is 0 Å². The van der Waals surface area contributed by atoms with Crippen molar-refractivity contribution in [2.75, 3.05) is 0 Å². The van der Waals surface area contributed by atoms with E-state index >= 15 is 0 Å². The zero-order chi connectivity index (χ0) is 33.0. The predicted octanol–water partition coefficient (Wildman–Crippen LogP) is 8.66. The molecule has 0 aliphatic heterocycles. The first-order valence-corrected chi connectivity index (χ1v) is 16.5. The van der Waals surface area contributed by atoms with Crippen LogP contribution in [0.5, 0.6) is 0 Å². The number of hydrogen-bond acceptors (Lipinski definition) is 2. The van der Waals surface area contributed by atoms with Crippen LogP contribution in [-0.2, 0) is 26.5 Å². The van der Waals surface area contributed by atoms with E-state index in [2.05, 4.69) is 41.7 Å². The summed E-state index contributed by atoms with van der Waals surface area (Å²) in [5, 5.41) is 1.19. The summed E-state index contributed by atoms with van der Waals surface area (Å²) >= 11 is 0. The monoisotopic (exact) mass is 725 g/mol. The van der Waals surface area contributed by atoms with Crippen LogP contribution in [0.25, 0.3) is 22.5 Å². The standard InChI is InChI=1S/C18H24NSi.C18H14N.Ir/c1-13(2)16-11-17(15-9-7-14(3)8-10-15)19-12-18(16)20(4,5)6;1-3-7-15(8-4-1)13-16-11-12-19-18(14-16)17-9-5-2-6-10-17;/h7-9,11-13H,1-6H3;1-9,11-12,14H,13H2;/q2*-1;/i3D3,13D;13D2;. The van der Waals surface area contributed by atoms with Crippen LogP contribution in [0.1, 0.15) is 50.2 Å². The van der Waals surface area contributed by atoms with E-state index in [0.29, 0.717) is 11.1 Å². The van der Waals surface area contributed by atoms with Crippen molar-refractivity contribution in [1.82, 2.24) is 9.97 Å². The second kappa shape index (κ2) is 14.5. The largest absolute Gasteiger partial charge is 0.305 e. The van der Waals surface area contributed by atoms with Gasteiger partial charge in [-0.2, -0.15) is 0 Å². The molecule has 5 aromatic rings. The molecule has 0 aliphatic carbocycles. The van der Waals surface area contributed by atoms with Gasteiger partial charge in [0, 0.05) is 40.7 Å². The first-order valence-electron chi connectivity index (χ1n) is 16.0. The maximum absolute atomic E-state index is 8.48. The van der Waals surface area contributed by atoms with Crippen LogP contribution < -0.4 is 5.19 Å². The molecule has 2 nitrogen and oxygen atoms in total. The Hall–Kier alpha value is -3.17. The van der Waals surface area contributed by atoms with Gasteiger partial charge < -0.3 is 9.97 Å². The van der Waals surface area contributed by atoms with Crippen molar-refractivity contribution in [1.29, 1.82) is 0 Å². The minimum atomic E-state index is -2.13. The fourth-order valence-corrected chi connectivity index (χ4v) is 5.68. The molecule has 0 saturated carbocycles. The van der Waals surface area contributed by atoms with E-state index in [-0.39, 0.29) is 25.7 Å². The Kier molecular flexibility index (Phi) is 8.50. The molecule has 0 N–H and O–H groups in total. The van der Waals surface area contributed by atoms with Crippen molar-refractivity contribution in [3.63, 3.8) is 0 Å². The molecule has 0 spiro atoms. The van der Waals surface area contributed by atoms with Crippen molar-refractivity contribution in [3.05, 3.63) is 138 Å². The Bertz CT molecular complexity index is 1710. The first-order chi connectivity index (χ1) is 21.0. The van der Waals surface area contributed by atoms with E-state index in [1.54, 1.807) is 42.6 Å². The van der Waals surface area contributed by atoms with Crippen LogP contribution in [0.2, 0.25) is 19.6 Å². The van der Waals surface area contributed by atoms with Gasteiger partial charge in [-0.3, -0.25) is 0 Å². The molecule has 3 aromatic carbocycles. The molecule has 0 saturated heterocycles. The molecular formula is C36H38IrN2Si-2. The van der Waals surface area contributed by atoms with Crippen molar-refractivity contribution >= 4 is 13.3 Å². The molecule has 4 heteroatoms. The van der Waals surface area contributed by atoms with Gasteiger partial charge >= 0.3 is 0 Å². The molecule has 40 heavy (non-hydrogen) atoms. The summed E-state index contributed by atoms with van der Waals surface area (Å²) < 4.78 is 47.6. The minimum Gasteiger partial charge on any atom is -0.305 e. The van der Waals surface area contributed by atoms with Gasteiger partial charge in [0.2, 0.25) is 0 Å². The smallest absolute Gasteiger partial charge is 0.0799 e. The van der Waals surface area contributed by atoms with E-state index in [9.17, 15) is 0 Å². The third kappa shape index (κ3) is 8.66. The van der Waals surface area contributed by atoms with E-state index in [0.717, 1.165) is 28.1 Å². The fraction of sp³-hybridized carbons (Fsp3) is 0.222. The molecule has 0 unspecified atom stereocenters. The summed E-state index contributed by atoms with van der Waals surface area (Å²) in [5.41, 5.74) is 5.55. The van der Waals surface area contributed by atoms with E-state index in [1.807, 2.05) is 68.6 Å². The SMILES string of the molecule is [2H]C([2H])([2H])c1c[c-]c(-c2cc(C([2H])(C)C)c([Si](C)(C)C)cn2)cc1.[2H]C([2H])(c1ccccc1)c1ccnc(-c2[c-]cccc2)c1.[Ir]. The predicted molar refractivity (Wildman–Crippen MR) is 168 cm³/mol. The summed E-state index contributed by atoms with van der Waals surface area (Å²) in [4.78, 5) is 8.88. The van der Waals surface area contributed by atoms with Crippen LogP contribution >= 0.6 is 0 Å². The Labute approximate surface area is 263 Å². The van der Waals surface area contributed by atoms with Gasteiger partial charge in [0.05, 0.1) is 8.07 Å². The third-order valence-electron chi connectivity index (χ3n) is 6.15. The summed E-state index contributed by atoms with van der Waals surface area (Å²) in [6, 6.07) is 33.2. The number of benzene rings is 3. The zero-order valence-electron chi connectivity index (χ0n) is 29.5. The fourth-order valence-electron chi connectivity index (χ4n) is 4.09. The van der Waals surface area contributed by atoms with Crippen LogP contribution in [-0.4, -0.2) is 18.0 Å². The molecule has 2 aromatic heterocycles. The van der Waals surface area contributed by atoms with Crippen LogP contribution in [0.4, 0.5) is 0 Å². The minimum absolute atomic E-state index is 0. The number of nitrogens with zero attached hydrogens (tertiary/aromatic N) is 2. The Morgan fingerprint density at radius 1 is 0.850 bits per heavy atom. The summed E-state index contributed by atoms with van der Waals surface area (Å²) in [7, 11) is -1.61. The van der Waals surface area contributed by atoms with Crippen molar-refractivity contribution in [2.45, 2.75) is 52.6 Å². The van der Waals surface area contributed by atoms with Gasteiger partial charge in [-0.25, -0.2) is 0 Å². The third-order valence-corrected chi connectivity index (χ3v) is 8.16. The molecule has 0 aliphatic rings. The maximum Gasteiger partial charge on any atom is 0.0799 e. The number of hydrogen-bond donors (Lipinski definition) is 0. The van der Waals surface area contributed by atoms with Gasteiger partial charge in [0.1, 0.15) is 0 Å². The number of pyridine rings is 2. The summed E-state index contributed by atoms with van der Waals surface area (Å²) in [6.45, 7) is 8.38. The molecular weight excluding hydrogens is 681 g/mol. The number of aryl methyl sites for hydroxylation is 1. The van der Waals surface area contributed by atoms with Gasteiger partial charge in [0.25, 0.3) is 0 Å². The summed E-state index contributed by atoms with van der Waals surface area (Å²) in [5.74, 6) is -0.716. The second-order valence-corrected chi connectivity index (χ2v) is 15.6. The van der Waals surface area contributed by atoms with Crippen molar-refractivity contribution < 1.29 is 28.3 Å². The molecule has 0 amide bonds. The van der Waals surface area contributed by atoms with Crippen molar-refractivity contribution in [2.24, 2.45) is 0 Å². The second-order valence-electron chi connectivity index (χ2n) is 10.6. The van der Waals surface area contributed by atoms with Gasteiger partial charge in [0.15, 0.2) is 0 Å². The number of rotatable bonds is 6. The topological polar surface area (TPSA) is 25.8 Å². The van der Waals surface area contributed by atoms with E-state index in [4.69, 9.17) is 8.22 Å². The van der Waals surface area contributed by atoms with Crippen molar-refractivity contribution in [3.8, 4) is 22.5 Å². The molecule has 0 atom stereocenters. The molecule has 1 radical (unpaired) electrons. The summed E-state index contributed by atoms with van der Waals surface area (Å²) in [6.07, 6.45) is 1.98. The molecule has 0 bridgehead atoms.